The fourth-order valence-electron chi connectivity index (χ4n) is 2.33. The first kappa shape index (κ1) is 15.2. The maximum Gasteiger partial charge on any atom is 0.142 e. The molecule has 1 atom stereocenters. The van der Waals surface area contributed by atoms with Crippen molar-refractivity contribution in [2.75, 3.05) is 0 Å². The van der Waals surface area contributed by atoms with Gasteiger partial charge in [-0.1, -0.05) is 49.7 Å². The molecule has 4 heteroatoms. The van der Waals surface area contributed by atoms with Crippen LogP contribution in [0.25, 0.3) is 0 Å². The second kappa shape index (κ2) is 6.97. The third kappa shape index (κ3) is 3.26. The highest BCUT2D eigenvalue weighted by atomic mass is 79.9. The number of hydrazine groups is 1. The number of nitrogens with two attached hydrogens (primary N) is 1. The largest absolute Gasteiger partial charge is 0.271 e. The Balaban J connectivity index is 2.41. The van der Waals surface area contributed by atoms with Gasteiger partial charge in [0.25, 0.3) is 0 Å². The van der Waals surface area contributed by atoms with E-state index < -0.39 is 0 Å². The fourth-order valence-corrected chi connectivity index (χ4v) is 2.71. The van der Waals surface area contributed by atoms with Crippen molar-refractivity contribution in [1.82, 2.24) is 5.43 Å². The van der Waals surface area contributed by atoms with Crippen LogP contribution < -0.4 is 11.3 Å². The highest BCUT2D eigenvalue weighted by molar-refractivity contribution is 9.10. The van der Waals surface area contributed by atoms with E-state index in [0.29, 0.717) is 10.0 Å². The number of nitrogens with one attached hydrogen (secondary N) is 1. The molecule has 3 N–H and O–H groups in total. The van der Waals surface area contributed by atoms with Gasteiger partial charge in [-0.05, 0) is 39.5 Å². The van der Waals surface area contributed by atoms with Crippen molar-refractivity contribution >= 4 is 15.9 Å². The summed E-state index contributed by atoms with van der Waals surface area (Å²) in [4.78, 5) is 0. The standard InChI is InChI=1S/C16H18BrFN2/c1-2-5-11-6-3-7-12(10-11)16(20-19)13-8-4-9-14(17)15(13)18/h3-4,6-10,16,20H,2,5,19H2,1H3. The van der Waals surface area contributed by atoms with Crippen LogP contribution in [0.3, 0.4) is 0 Å². The summed E-state index contributed by atoms with van der Waals surface area (Å²) in [5.41, 5.74) is 5.45. The molecule has 2 rings (SSSR count). The first-order valence-electron chi connectivity index (χ1n) is 6.66. The quantitative estimate of drug-likeness (QED) is 0.637. The number of rotatable bonds is 5. The Labute approximate surface area is 127 Å². The van der Waals surface area contributed by atoms with E-state index >= 15 is 0 Å². The smallest absolute Gasteiger partial charge is 0.142 e. The molecule has 2 aromatic carbocycles. The Morgan fingerprint density at radius 3 is 2.70 bits per heavy atom. The molecule has 0 saturated heterocycles. The molecular weight excluding hydrogens is 319 g/mol. The first-order valence-corrected chi connectivity index (χ1v) is 7.45. The molecule has 20 heavy (non-hydrogen) atoms. The Morgan fingerprint density at radius 1 is 1.25 bits per heavy atom. The third-order valence-electron chi connectivity index (χ3n) is 3.28. The van der Waals surface area contributed by atoms with Crippen LogP contribution in [0, 0.1) is 5.82 Å². The van der Waals surface area contributed by atoms with E-state index in [4.69, 9.17) is 5.84 Å². The van der Waals surface area contributed by atoms with Crippen molar-refractivity contribution in [3.05, 3.63) is 69.4 Å². The molecule has 0 amide bonds. The lowest BCUT2D eigenvalue weighted by Crippen LogP contribution is -2.29. The molecular formula is C16H18BrFN2. The van der Waals surface area contributed by atoms with E-state index in [1.807, 2.05) is 18.2 Å². The highest BCUT2D eigenvalue weighted by Crippen LogP contribution is 2.28. The molecule has 0 bridgehead atoms. The normalized spacial score (nSPS) is 12.4. The molecule has 2 nitrogen and oxygen atoms in total. The summed E-state index contributed by atoms with van der Waals surface area (Å²) < 4.78 is 14.7. The first-order chi connectivity index (χ1) is 9.67. The van der Waals surface area contributed by atoms with Crippen molar-refractivity contribution < 1.29 is 4.39 Å². The zero-order valence-electron chi connectivity index (χ0n) is 11.4. The number of halogens is 2. The van der Waals surface area contributed by atoms with Gasteiger partial charge in [-0.3, -0.25) is 5.84 Å². The molecule has 0 aliphatic heterocycles. The summed E-state index contributed by atoms with van der Waals surface area (Å²) >= 11 is 3.21. The summed E-state index contributed by atoms with van der Waals surface area (Å²) in [6.45, 7) is 2.14. The van der Waals surface area contributed by atoms with Gasteiger partial charge in [0.05, 0.1) is 10.5 Å². The molecule has 0 radical (unpaired) electrons. The van der Waals surface area contributed by atoms with Gasteiger partial charge in [0.15, 0.2) is 0 Å². The maximum atomic E-state index is 14.2. The minimum atomic E-state index is -0.357. The van der Waals surface area contributed by atoms with Gasteiger partial charge in [0.1, 0.15) is 5.82 Å². The van der Waals surface area contributed by atoms with Crippen LogP contribution in [-0.2, 0) is 6.42 Å². The van der Waals surface area contributed by atoms with Crippen LogP contribution in [-0.4, -0.2) is 0 Å². The molecule has 0 aliphatic carbocycles. The van der Waals surface area contributed by atoms with E-state index in [9.17, 15) is 4.39 Å². The average molecular weight is 337 g/mol. The molecule has 0 saturated carbocycles. The summed E-state index contributed by atoms with van der Waals surface area (Å²) in [5.74, 6) is 5.37. The van der Waals surface area contributed by atoms with Crippen LogP contribution in [0.4, 0.5) is 4.39 Å². The van der Waals surface area contributed by atoms with Gasteiger partial charge in [0.2, 0.25) is 0 Å². The van der Waals surface area contributed by atoms with Gasteiger partial charge < -0.3 is 0 Å². The average Bonchev–Trinajstić information content (AvgIpc) is 2.45. The predicted molar refractivity (Wildman–Crippen MR) is 83.7 cm³/mol. The molecule has 0 fully saturated rings. The molecule has 0 heterocycles. The van der Waals surface area contributed by atoms with Gasteiger partial charge in [-0.2, -0.15) is 0 Å². The molecule has 0 aromatic heterocycles. The summed E-state index contributed by atoms with van der Waals surface area (Å²) in [6.07, 6.45) is 2.08. The minimum absolute atomic E-state index is 0.281. The minimum Gasteiger partial charge on any atom is -0.271 e. The van der Waals surface area contributed by atoms with Crippen LogP contribution in [0.1, 0.15) is 36.1 Å². The van der Waals surface area contributed by atoms with Gasteiger partial charge in [-0.25, -0.2) is 9.82 Å². The second-order valence-corrected chi connectivity index (χ2v) is 5.59. The molecule has 0 aliphatic rings. The van der Waals surface area contributed by atoms with Crippen LogP contribution in [0.15, 0.2) is 46.9 Å². The Morgan fingerprint density at radius 2 is 2.00 bits per heavy atom. The van der Waals surface area contributed by atoms with Crippen LogP contribution in [0.5, 0.6) is 0 Å². The monoisotopic (exact) mass is 336 g/mol. The van der Waals surface area contributed by atoms with E-state index in [0.717, 1.165) is 18.4 Å². The molecule has 0 spiro atoms. The number of hydrogen-bond acceptors (Lipinski definition) is 2. The molecule has 2 aromatic rings. The number of aryl methyl sites for hydroxylation is 1. The van der Waals surface area contributed by atoms with Gasteiger partial charge in [0, 0.05) is 5.56 Å². The van der Waals surface area contributed by atoms with E-state index in [1.165, 1.54) is 5.56 Å². The lowest BCUT2D eigenvalue weighted by Gasteiger charge is -2.19. The number of hydrogen-bond donors (Lipinski definition) is 2. The summed E-state index contributed by atoms with van der Waals surface area (Å²) in [5, 5.41) is 0. The predicted octanol–water partition coefficient (Wildman–Crippen LogP) is 4.09. The lowest BCUT2D eigenvalue weighted by atomic mass is 9.96. The Hall–Kier alpha value is -1.23. The number of benzene rings is 2. The van der Waals surface area contributed by atoms with Crippen molar-refractivity contribution in [3.63, 3.8) is 0 Å². The van der Waals surface area contributed by atoms with Crippen LogP contribution in [0.2, 0.25) is 0 Å². The maximum absolute atomic E-state index is 14.2. The van der Waals surface area contributed by atoms with E-state index in [1.54, 1.807) is 12.1 Å². The van der Waals surface area contributed by atoms with Gasteiger partial charge in [-0.15, -0.1) is 0 Å². The van der Waals surface area contributed by atoms with Crippen molar-refractivity contribution in [3.8, 4) is 0 Å². The third-order valence-corrected chi connectivity index (χ3v) is 3.89. The van der Waals surface area contributed by atoms with Crippen molar-refractivity contribution in [1.29, 1.82) is 0 Å². The summed E-state index contributed by atoms with van der Waals surface area (Å²) in [7, 11) is 0. The van der Waals surface area contributed by atoms with Crippen LogP contribution >= 0.6 is 15.9 Å². The Kier molecular flexibility index (Phi) is 5.29. The highest BCUT2D eigenvalue weighted by Gasteiger charge is 2.18. The zero-order chi connectivity index (χ0) is 14.5. The van der Waals surface area contributed by atoms with E-state index in [-0.39, 0.29) is 11.9 Å². The van der Waals surface area contributed by atoms with E-state index in [2.05, 4.69) is 40.4 Å². The zero-order valence-corrected chi connectivity index (χ0v) is 13.0. The SMILES string of the molecule is CCCc1cccc(C(NN)c2cccc(Br)c2F)c1. The molecule has 106 valence electrons. The van der Waals surface area contributed by atoms with Crippen molar-refractivity contribution in [2.24, 2.45) is 5.84 Å². The fraction of sp³-hybridized carbons (Fsp3) is 0.250. The molecule has 1 unspecified atom stereocenters. The second-order valence-electron chi connectivity index (χ2n) is 4.74. The topological polar surface area (TPSA) is 38.0 Å². The van der Waals surface area contributed by atoms with Gasteiger partial charge >= 0.3 is 0 Å². The summed E-state index contributed by atoms with van der Waals surface area (Å²) in [6, 6.07) is 13.0. The lowest BCUT2D eigenvalue weighted by molar-refractivity contribution is 0.555. The van der Waals surface area contributed by atoms with Crippen molar-refractivity contribution in [2.45, 2.75) is 25.8 Å². The Bertz CT molecular complexity index is 586.